The Morgan fingerprint density at radius 2 is 1.90 bits per heavy atom. The SMILES string of the molecule is CCCCNC(=O)C(C)N(Cc1cccc(Br)c1)C(=O)CSCc1ccc(F)cc1. The molecular weight excluding hydrogens is 467 g/mol. The zero-order valence-corrected chi connectivity index (χ0v) is 19.8. The average molecular weight is 495 g/mol. The van der Waals surface area contributed by atoms with Crippen molar-refractivity contribution in [2.75, 3.05) is 12.3 Å². The zero-order valence-electron chi connectivity index (χ0n) is 17.4. The Morgan fingerprint density at radius 1 is 1.17 bits per heavy atom. The van der Waals surface area contributed by atoms with Crippen molar-refractivity contribution >= 4 is 39.5 Å². The number of hydrogen-bond donors (Lipinski definition) is 1. The third-order valence-electron chi connectivity index (χ3n) is 4.65. The molecule has 0 bridgehead atoms. The van der Waals surface area contributed by atoms with E-state index in [1.54, 1.807) is 24.0 Å². The number of unbranched alkanes of at least 4 members (excludes halogenated alkanes) is 1. The van der Waals surface area contributed by atoms with Crippen LogP contribution in [0, 0.1) is 5.82 Å². The van der Waals surface area contributed by atoms with E-state index in [1.807, 2.05) is 24.3 Å². The van der Waals surface area contributed by atoms with Gasteiger partial charge in [0.1, 0.15) is 11.9 Å². The Kier molecular flexibility index (Phi) is 10.4. The van der Waals surface area contributed by atoms with Crippen molar-refractivity contribution in [3.8, 4) is 0 Å². The van der Waals surface area contributed by atoms with Crippen LogP contribution in [0.1, 0.15) is 37.8 Å². The lowest BCUT2D eigenvalue weighted by Gasteiger charge is -2.29. The summed E-state index contributed by atoms with van der Waals surface area (Å²) in [4.78, 5) is 27.2. The summed E-state index contributed by atoms with van der Waals surface area (Å²) in [6.45, 7) is 4.80. The molecule has 1 unspecified atom stereocenters. The van der Waals surface area contributed by atoms with E-state index in [9.17, 15) is 14.0 Å². The normalized spacial score (nSPS) is 11.7. The van der Waals surface area contributed by atoms with Gasteiger partial charge in [-0.25, -0.2) is 4.39 Å². The molecule has 2 amide bonds. The largest absolute Gasteiger partial charge is 0.354 e. The molecule has 1 N–H and O–H groups in total. The van der Waals surface area contributed by atoms with Gasteiger partial charge >= 0.3 is 0 Å². The van der Waals surface area contributed by atoms with Crippen LogP contribution in [0.25, 0.3) is 0 Å². The minimum absolute atomic E-state index is 0.0970. The fourth-order valence-corrected chi connectivity index (χ4v) is 4.19. The molecule has 2 aromatic rings. The Balaban J connectivity index is 2.03. The lowest BCUT2D eigenvalue weighted by Crippen LogP contribution is -2.48. The summed E-state index contributed by atoms with van der Waals surface area (Å²) in [6.07, 6.45) is 1.90. The highest BCUT2D eigenvalue weighted by atomic mass is 79.9. The van der Waals surface area contributed by atoms with E-state index in [0.717, 1.165) is 28.4 Å². The average Bonchev–Trinajstić information content (AvgIpc) is 2.73. The number of carbonyl (C=O) groups excluding carboxylic acids is 2. The van der Waals surface area contributed by atoms with Crippen LogP contribution in [0.2, 0.25) is 0 Å². The van der Waals surface area contributed by atoms with Gasteiger partial charge < -0.3 is 10.2 Å². The maximum absolute atomic E-state index is 13.0. The minimum atomic E-state index is -0.570. The van der Waals surface area contributed by atoms with Crippen molar-refractivity contribution in [2.45, 2.75) is 45.0 Å². The molecule has 0 spiro atoms. The van der Waals surface area contributed by atoms with Gasteiger partial charge in [-0.05, 0) is 48.7 Å². The number of nitrogens with one attached hydrogen (secondary N) is 1. The summed E-state index contributed by atoms with van der Waals surface area (Å²) >= 11 is 4.91. The highest BCUT2D eigenvalue weighted by molar-refractivity contribution is 9.10. The quantitative estimate of drug-likeness (QED) is 0.439. The van der Waals surface area contributed by atoms with Gasteiger partial charge in [-0.1, -0.05) is 53.5 Å². The van der Waals surface area contributed by atoms with Gasteiger partial charge in [0.2, 0.25) is 11.8 Å². The molecule has 0 aromatic heterocycles. The number of thioether (sulfide) groups is 1. The first-order valence-corrected chi connectivity index (χ1v) is 12.0. The Hall–Kier alpha value is -1.86. The van der Waals surface area contributed by atoms with Gasteiger partial charge in [0.05, 0.1) is 5.75 Å². The third-order valence-corrected chi connectivity index (χ3v) is 6.13. The molecule has 30 heavy (non-hydrogen) atoms. The fraction of sp³-hybridized carbons (Fsp3) is 0.391. The van der Waals surface area contributed by atoms with E-state index < -0.39 is 6.04 Å². The van der Waals surface area contributed by atoms with E-state index >= 15 is 0 Å². The van der Waals surface area contributed by atoms with E-state index in [4.69, 9.17) is 0 Å². The Morgan fingerprint density at radius 3 is 2.57 bits per heavy atom. The lowest BCUT2D eigenvalue weighted by atomic mass is 10.1. The predicted molar refractivity (Wildman–Crippen MR) is 125 cm³/mol. The number of amides is 2. The molecule has 162 valence electrons. The number of rotatable bonds is 11. The first kappa shape index (κ1) is 24.4. The summed E-state index contributed by atoms with van der Waals surface area (Å²) in [5, 5.41) is 2.92. The second kappa shape index (κ2) is 12.7. The van der Waals surface area contributed by atoms with Crippen LogP contribution in [0.3, 0.4) is 0 Å². The van der Waals surface area contributed by atoms with E-state index in [0.29, 0.717) is 18.8 Å². The van der Waals surface area contributed by atoms with Crippen LogP contribution < -0.4 is 5.32 Å². The Bertz CT molecular complexity index is 832. The van der Waals surface area contributed by atoms with Crippen LogP contribution in [0.15, 0.2) is 53.0 Å². The molecule has 0 heterocycles. The zero-order chi connectivity index (χ0) is 21.9. The van der Waals surface area contributed by atoms with Gasteiger partial charge in [0, 0.05) is 23.3 Å². The van der Waals surface area contributed by atoms with Crippen molar-refractivity contribution < 1.29 is 14.0 Å². The monoisotopic (exact) mass is 494 g/mol. The maximum Gasteiger partial charge on any atom is 0.242 e. The Labute approximate surface area is 190 Å². The molecule has 0 fully saturated rings. The van der Waals surface area contributed by atoms with Crippen LogP contribution in [0.5, 0.6) is 0 Å². The summed E-state index contributed by atoms with van der Waals surface area (Å²) in [5.74, 6) is 0.338. The predicted octanol–water partition coefficient (Wildman–Crippen LogP) is 5.16. The van der Waals surface area contributed by atoms with Gasteiger partial charge in [-0.3, -0.25) is 9.59 Å². The minimum Gasteiger partial charge on any atom is -0.354 e. The molecule has 0 radical (unpaired) electrons. The topological polar surface area (TPSA) is 49.4 Å². The van der Waals surface area contributed by atoms with Crippen molar-refractivity contribution in [1.29, 1.82) is 0 Å². The number of halogens is 2. The van der Waals surface area contributed by atoms with E-state index in [1.165, 1.54) is 23.9 Å². The second-order valence-corrected chi connectivity index (χ2v) is 8.99. The molecule has 0 saturated carbocycles. The number of nitrogens with zero attached hydrogens (tertiary/aromatic N) is 1. The summed E-state index contributed by atoms with van der Waals surface area (Å²) in [6, 6.07) is 13.4. The van der Waals surface area contributed by atoms with Crippen LogP contribution >= 0.6 is 27.7 Å². The van der Waals surface area contributed by atoms with Crippen molar-refractivity contribution in [3.05, 3.63) is 69.9 Å². The lowest BCUT2D eigenvalue weighted by molar-refractivity contribution is -0.138. The standard InChI is InChI=1S/C23H28BrFN2O2S/c1-3-4-12-26-23(29)17(2)27(14-19-6-5-7-20(24)13-19)22(28)16-30-15-18-8-10-21(25)11-9-18/h5-11,13,17H,3-4,12,14-16H2,1-2H3,(H,26,29). The van der Waals surface area contributed by atoms with Crippen molar-refractivity contribution in [1.82, 2.24) is 10.2 Å². The van der Waals surface area contributed by atoms with E-state index in [-0.39, 0.29) is 23.4 Å². The van der Waals surface area contributed by atoms with Gasteiger partial charge in [-0.2, -0.15) is 0 Å². The molecule has 4 nitrogen and oxygen atoms in total. The van der Waals surface area contributed by atoms with Crippen LogP contribution in [-0.2, 0) is 21.9 Å². The van der Waals surface area contributed by atoms with Crippen LogP contribution in [0.4, 0.5) is 4.39 Å². The van der Waals surface area contributed by atoms with Crippen molar-refractivity contribution in [3.63, 3.8) is 0 Å². The van der Waals surface area contributed by atoms with Gasteiger partial charge in [-0.15, -0.1) is 11.8 Å². The molecule has 0 aliphatic carbocycles. The number of hydrogen-bond acceptors (Lipinski definition) is 3. The molecule has 1 atom stereocenters. The summed E-state index contributed by atoms with van der Waals surface area (Å²) in [7, 11) is 0. The second-order valence-electron chi connectivity index (χ2n) is 7.09. The molecule has 7 heteroatoms. The molecule has 0 aliphatic rings. The molecule has 0 saturated heterocycles. The molecule has 0 aliphatic heterocycles. The first-order valence-electron chi connectivity index (χ1n) is 10.0. The van der Waals surface area contributed by atoms with Crippen LogP contribution in [-0.4, -0.2) is 35.1 Å². The highest BCUT2D eigenvalue weighted by Crippen LogP contribution is 2.18. The highest BCUT2D eigenvalue weighted by Gasteiger charge is 2.25. The molecule has 2 aromatic carbocycles. The first-order chi connectivity index (χ1) is 14.4. The number of carbonyl (C=O) groups is 2. The van der Waals surface area contributed by atoms with Crippen molar-refractivity contribution in [2.24, 2.45) is 0 Å². The smallest absolute Gasteiger partial charge is 0.242 e. The number of benzene rings is 2. The summed E-state index contributed by atoms with van der Waals surface area (Å²) in [5.41, 5.74) is 1.91. The maximum atomic E-state index is 13.0. The summed E-state index contributed by atoms with van der Waals surface area (Å²) < 4.78 is 14.0. The molecule has 2 rings (SSSR count). The van der Waals surface area contributed by atoms with Gasteiger partial charge in [0.25, 0.3) is 0 Å². The van der Waals surface area contributed by atoms with Gasteiger partial charge in [0.15, 0.2) is 0 Å². The fourth-order valence-electron chi connectivity index (χ4n) is 2.87. The third kappa shape index (κ3) is 8.11. The molecular formula is C23H28BrFN2O2S. The van der Waals surface area contributed by atoms with E-state index in [2.05, 4.69) is 28.2 Å².